The third-order valence-corrected chi connectivity index (χ3v) is 13.1. The van der Waals surface area contributed by atoms with Crippen molar-refractivity contribution in [2.24, 2.45) is 0 Å². The minimum atomic E-state index is 0.522. The molecule has 0 bridgehead atoms. The van der Waals surface area contributed by atoms with Gasteiger partial charge in [0.2, 0.25) is 0 Å². The average Bonchev–Trinajstić information content (AvgIpc) is 4.02. The van der Waals surface area contributed by atoms with Crippen molar-refractivity contribution in [3.05, 3.63) is 212 Å². The van der Waals surface area contributed by atoms with Crippen LogP contribution in [0.4, 0.5) is 0 Å². The number of benzene rings is 10. The van der Waals surface area contributed by atoms with E-state index in [1.54, 1.807) is 0 Å². The summed E-state index contributed by atoms with van der Waals surface area (Å²) in [6, 6.07) is 75.0. The summed E-state index contributed by atoms with van der Waals surface area (Å²) in [5, 5.41) is 11.3. The lowest BCUT2D eigenvalue weighted by molar-refractivity contribution is 0.669. The van der Waals surface area contributed by atoms with Crippen LogP contribution in [-0.2, 0) is 0 Å². The lowest BCUT2D eigenvalue weighted by Crippen LogP contribution is -2.04. The summed E-state index contributed by atoms with van der Waals surface area (Å²) in [7, 11) is 0. The Morgan fingerprint density at radius 3 is 1.65 bits per heavy atom. The van der Waals surface area contributed by atoms with Crippen LogP contribution in [0, 0.1) is 0 Å². The van der Waals surface area contributed by atoms with Crippen molar-refractivity contribution >= 4 is 87.1 Å². The maximum atomic E-state index is 6.96. The summed E-state index contributed by atoms with van der Waals surface area (Å²) < 4.78 is 11.7. The molecule has 6 heteroatoms. The standard InChI is InChI=1S/C59H35N5O/c1-2-18-42(19-3-1)63-49-23-11-8-20-43(49)45-29-28-41(35-52(45)63)58-60-57(40-27-26-36-14-4-5-15-37(36)32-40)61-59(62-58)55-51(31-30-47-46-22-10-13-25-54(46)65-56(47)55)64-50-24-12-9-21-44(50)48-33-38-16-6-7-17-39(38)34-53(48)64/h1-35H. The Hall–Kier alpha value is -8.87. The molecule has 0 spiro atoms. The van der Waals surface area contributed by atoms with Crippen molar-refractivity contribution in [1.82, 2.24) is 24.1 Å². The summed E-state index contributed by atoms with van der Waals surface area (Å²) in [5.41, 5.74) is 10.5. The van der Waals surface area contributed by atoms with E-state index < -0.39 is 0 Å². The molecule has 302 valence electrons. The van der Waals surface area contributed by atoms with Crippen LogP contribution in [0.25, 0.3) is 133 Å². The third-order valence-electron chi connectivity index (χ3n) is 13.1. The van der Waals surface area contributed by atoms with Gasteiger partial charge >= 0.3 is 0 Å². The number of rotatable bonds is 5. The van der Waals surface area contributed by atoms with Gasteiger partial charge < -0.3 is 13.6 Å². The Balaban J connectivity index is 1.10. The average molecular weight is 830 g/mol. The van der Waals surface area contributed by atoms with Crippen LogP contribution in [0.5, 0.6) is 0 Å². The molecule has 0 aliphatic heterocycles. The Morgan fingerprint density at radius 1 is 0.323 bits per heavy atom. The number of fused-ring (bicyclic) bond motifs is 11. The predicted octanol–water partition coefficient (Wildman–Crippen LogP) is 15.3. The highest BCUT2D eigenvalue weighted by molar-refractivity contribution is 6.16. The zero-order valence-corrected chi connectivity index (χ0v) is 34.9. The van der Waals surface area contributed by atoms with Gasteiger partial charge in [0, 0.05) is 49.1 Å². The van der Waals surface area contributed by atoms with Crippen LogP contribution in [0.15, 0.2) is 217 Å². The van der Waals surface area contributed by atoms with E-state index in [1.807, 2.05) is 12.1 Å². The highest BCUT2D eigenvalue weighted by Gasteiger charge is 2.25. The molecule has 0 saturated heterocycles. The van der Waals surface area contributed by atoms with E-state index in [2.05, 4.69) is 209 Å². The van der Waals surface area contributed by atoms with Gasteiger partial charge in [-0.15, -0.1) is 0 Å². The molecule has 14 aromatic rings. The van der Waals surface area contributed by atoms with Gasteiger partial charge in [0.1, 0.15) is 11.2 Å². The van der Waals surface area contributed by atoms with Gasteiger partial charge in [0.15, 0.2) is 17.5 Å². The summed E-state index contributed by atoms with van der Waals surface area (Å²) in [4.78, 5) is 16.3. The molecule has 0 aliphatic carbocycles. The number of nitrogens with zero attached hydrogens (tertiary/aromatic N) is 5. The van der Waals surface area contributed by atoms with Crippen molar-refractivity contribution in [3.8, 4) is 45.5 Å². The first-order valence-corrected chi connectivity index (χ1v) is 21.9. The maximum Gasteiger partial charge on any atom is 0.170 e. The van der Waals surface area contributed by atoms with Crippen molar-refractivity contribution < 1.29 is 4.42 Å². The van der Waals surface area contributed by atoms with Gasteiger partial charge in [-0.3, -0.25) is 0 Å². The highest BCUT2D eigenvalue weighted by Crippen LogP contribution is 2.44. The lowest BCUT2D eigenvalue weighted by atomic mass is 10.0. The number of hydrogen-bond donors (Lipinski definition) is 0. The topological polar surface area (TPSA) is 61.7 Å². The summed E-state index contributed by atoms with van der Waals surface area (Å²) in [6.45, 7) is 0. The summed E-state index contributed by atoms with van der Waals surface area (Å²) in [6.07, 6.45) is 0. The van der Waals surface area contributed by atoms with Crippen LogP contribution in [0.1, 0.15) is 0 Å². The minimum Gasteiger partial charge on any atom is -0.455 e. The molecule has 4 heterocycles. The largest absolute Gasteiger partial charge is 0.455 e. The molecule has 0 unspecified atom stereocenters. The van der Waals surface area contributed by atoms with E-state index in [4.69, 9.17) is 19.4 Å². The first-order valence-electron chi connectivity index (χ1n) is 21.9. The second-order valence-corrected chi connectivity index (χ2v) is 16.8. The van der Waals surface area contributed by atoms with E-state index in [-0.39, 0.29) is 0 Å². The number of aromatic nitrogens is 5. The molecule has 0 N–H and O–H groups in total. The van der Waals surface area contributed by atoms with Gasteiger partial charge in [-0.05, 0) is 88.3 Å². The normalized spacial score (nSPS) is 12.0. The van der Waals surface area contributed by atoms with Crippen molar-refractivity contribution in [2.75, 3.05) is 0 Å². The molecular formula is C59H35N5O. The van der Waals surface area contributed by atoms with Gasteiger partial charge in [-0.25, -0.2) is 15.0 Å². The fourth-order valence-electron chi connectivity index (χ4n) is 10.1. The second-order valence-electron chi connectivity index (χ2n) is 16.8. The van der Waals surface area contributed by atoms with Gasteiger partial charge in [-0.2, -0.15) is 0 Å². The van der Waals surface area contributed by atoms with Crippen LogP contribution in [0.3, 0.4) is 0 Å². The summed E-state index contributed by atoms with van der Waals surface area (Å²) in [5.74, 6) is 1.66. The molecule has 6 nitrogen and oxygen atoms in total. The van der Waals surface area contributed by atoms with Crippen LogP contribution in [-0.4, -0.2) is 24.1 Å². The van der Waals surface area contributed by atoms with Crippen LogP contribution < -0.4 is 0 Å². The molecule has 0 saturated carbocycles. The zero-order valence-electron chi connectivity index (χ0n) is 34.9. The molecular weight excluding hydrogens is 795 g/mol. The van der Waals surface area contributed by atoms with E-state index in [0.717, 1.165) is 88.2 Å². The SMILES string of the molecule is c1ccc(-n2c3ccccc3c3ccc(-c4nc(-c5ccc6ccccc6c5)nc(-c5c(-n6c7ccccc7c7cc8ccccc8cc76)ccc6c5oc5ccccc56)n4)cc32)cc1. The number of para-hydroxylation sites is 4. The molecule has 0 aliphatic rings. The first-order chi connectivity index (χ1) is 32.2. The van der Waals surface area contributed by atoms with Crippen LogP contribution >= 0.6 is 0 Å². The molecule has 4 aromatic heterocycles. The molecule has 0 radical (unpaired) electrons. The summed E-state index contributed by atoms with van der Waals surface area (Å²) >= 11 is 0. The fourth-order valence-corrected chi connectivity index (χ4v) is 10.1. The van der Waals surface area contributed by atoms with E-state index in [0.29, 0.717) is 17.5 Å². The Kier molecular flexibility index (Phi) is 7.59. The van der Waals surface area contributed by atoms with E-state index in [1.165, 1.54) is 26.9 Å². The van der Waals surface area contributed by atoms with Gasteiger partial charge in [0.25, 0.3) is 0 Å². The predicted molar refractivity (Wildman–Crippen MR) is 267 cm³/mol. The first kappa shape index (κ1) is 35.7. The molecule has 65 heavy (non-hydrogen) atoms. The van der Waals surface area contributed by atoms with E-state index >= 15 is 0 Å². The third kappa shape index (κ3) is 5.44. The lowest BCUT2D eigenvalue weighted by Gasteiger charge is -2.15. The number of furan rings is 1. The monoisotopic (exact) mass is 829 g/mol. The molecule has 0 amide bonds. The Labute approximate surface area is 371 Å². The minimum absolute atomic E-state index is 0.522. The quantitative estimate of drug-likeness (QED) is 0.173. The van der Waals surface area contributed by atoms with Crippen molar-refractivity contribution in [3.63, 3.8) is 0 Å². The van der Waals surface area contributed by atoms with E-state index in [9.17, 15) is 0 Å². The number of hydrogen-bond acceptors (Lipinski definition) is 4. The van der Waals surface area contributed by atoms with Crippen molar-refractivity contribution in [2.45, 2.75) is 0 Å². The fraction of sp³-hybridized carbons (Fsp3) is 0. The van der Waals surface area contributed by atoms with Crippen molar-refractivity contribution in [1.29, 1.82) is 0 Å². The van der Waals surface area contributed by atoms with Gasteiger partial charge in [0.05, 0.1) is 33.3 Å². The smallest absolute Gasteiger partial charge is 0.170 e. The molecule has 0 fully saturated rings. The van der Waals surface area contributed by atoms with Crippen LogP contribution in [0.2, 0.25) is 0 Å². The Morgan fingerprint density at radius 2 is 0.862 bits per heavy atom. The molecule has 14 rings (SSSR count). The zero-order chi connectivity index (χ0) is 42.6. The second kappa shape index (κ2) is 13.8. The molecule has 10 aromatic carbocycles. The Bertz CT molecular complexity index is 4250. The highest BCUT2D eigenvalue weighted by atomic mass is 16.3. The van der Waals surface area contributed by atoms with Gasteiger partial charge in [-0.1, -0.05) is 146 Å². The molecule has 0 atom stereocenters. The maximum absolute atomic E-state index is 6.96.